The number of amides is 1. The van der Waals surface area contributed by atoms with Crippen molar-refractivity contribution in [1.29, 1.82) is 0 Å². The molecule has 0 saturated carbocycles. The quantitative estimate of drug-likeness (QED) is 0.596. The zero-order chi connectivity index (χ0) is 21.2. The number of benzene rings is 1. The molecule has 1 amide bonds. The number of sulfonamides is 1. The Morgan fingerprint density at radius 1 is 1.10 bits per heavy atom. The third-order valence-corrected chi connectivity index (χ3v) is 5.53. The zero-order valence-electron chi connectivity index (χ0n) is 16.9. The van der Waals surface area contributed by atoms with E-state index in [4.69, 9.17) is 5.14 Å². The average molecular weight is 450 g/mol. The molecular formula is C20H24ClN5O3S. The fraction of sp³-hybridized carbons (Fsp3) is 0.250. The summed E-state index contributed by atoms with van der Waals surface area (Å²) in [4.78, 5) is 23.6. The summed E-state index contributed by atoms with van der Waals surface area (Å²) in [7, 11) is -3.78. The molecule has 0 bridgehead atoms. The molecule has 3 rings (SSSR count). The minimum absolute atomic E-state index is 0. The first-order chi connectivity index (χ1) is 13.7. The van der Waals surface area contributed by atoms with Gasteiger partial charge in [-0.1, -0.05) is 0 Å². The second-order valence-corrected chi connectivity index (χ2v) is 8.10. The lowest BCUT2D eigenvalue weighted by atomic mass is 10.1. The van der Waals surface area contributed by atoms with Crippen molar-refractivity contribution in [3.63, 3.8) is 0 Å². The summed E-state index contributed by atoms with van der Waals surface area (Å²) in [6.45, 7) is 6.85. The minimum atomic E-state index is -3.78. The van der Waals surface area contributed by atoms with Gasteiger partial charge < -0.3 is 10.2 Å². The highest BCUT2D eigenvalue weighted by atomic mass is 35.5. The fourth-order valence-corrected chi connectivity index (χ4v) is 3.54. The molecule has 3 aromatic rings. The van der Waals surface area contributed by atoms with Crippen LogP contribution in [0.25, 0.3) is 11.0 Å². The number of carbonyl (C=O) groups excluding carboxylic acids is 1. The standard InChI is InChI=1S/C20H23N5O3S.ClH/c1-4-25(5-2)20(26)17-12-22-19-16(11-6-13(3)23-19)18(17)24-14-7-9-15(10-8-14)29(21,27)28;/h6-12H,4-5H2,1-3H3,(H2,21,27,28)(H,22,23,24);1H. The van der Waals surface area contributed by atoms with Gasteiger partial charge in [0.15, 0.2) is 5.65 Å². The van der Waals surface area contributed by atoms with Crippen LogP contribution in [-0.4, -0.2) is 42.3 Å². The third kappa shape index (κ3) is 4.86. The van der Waals surface area contributed by atoms with Crippen LogP contribution in [0.2, 0.25) is 0 Å². The van der Waals surface area contributed by atoms with Gasteiger partial charge in [-0.3, -0.25) is 4.79 Å². The van der Waals surface area contributed by atoms with Crippen LogP contribution in [0.5, 0.6) is 0 Å². The number of fused-ring (bicyclic) bond motifs is 1. The van der Waals surface area contributed by atoms with E-state index in [1.165, 1.54) is 18.3 Å². The molecule has 0 aliphatic heterocycles. The Kier molecular flexibility index (Phi) is 7.35. The van der Waals surface area contributed by atoms with E-state index in [1.54, 1.807) is 17.0 Å². The maximum absolute atomic E-state index is 13.0. The number of primary sulfonamides is 1. The first kappa shape index (κ1) is 23.5. The molecule has 160 valence electrons. The van der Waals surface area contributed by atoms with Crippen molar-refractivity contribution in [2.45, 2.75) is 25.7 Å². The van der Waals surface area contributed by atoms with Crippen molar-refractivity contribution in [3.8, 4) is 0 Å². The molecule has 0 aliphatic rings. The predicted molar refractivity (Wildman–Crippen MR) is 120 cm³/mol. The van der Waals surface area contributed by atoms with E-state index >= 15 is 0 Å². The summed E-state index contributed by atoms with van der Waals surface area (Å²) in [6, 6.07) is 9.74. The number of aromatic nitrogens is 2. The van der Waals surface area contributed by atoms with Crippen molar-refractivity contribution >= 4 is 50.7 Å². The van der Waals surface area contributed by atoms with Gasteiger partial charge in [-0.2, -0.15) is 0 Å². The summed E-state index contributed by atoms with van der Waals surface area (Å²) in [5.74, 6) is -0.145. The molecule has 2 heterocycles. The molecule has 30 heavy (non-hydrogen) atoms. The number of hydrogen-bond acceptors (Lipinski definition) is 6. The lowest BCUT2D eigenvalue weighted by Crippen LogP contribution is -2.31. The second kappa shape index (κ2) is 9.38. The molecule has 0 radical (unpaired) electrons. The number of nitrogens with zero attached hydrogens (tertiary/aromatic N) is 3. The average Bonchev–Trinajstić information content (AvgIpc) is 2.68. The smallest absolute Gasteiger partial charge is 0.257 e. The molecule has 2 aromatic heterocycles. The Morgan fingerprint density at radius 2 is 1.73 bits per heavy atom. The van der Waals surface area contributed by atoms with Gasteiger partial charge in [0.25, 0.3) is 5.91 Å². The first-order valence-corrected chi connectivity index (χ1v) is 10.7. The van der Waals surface area contributed by atoms with Crippen LogP contribution in [0, 0.1) is 6.92 Å². The maximum Gasteiger partial charge on any atom is 0.257 e. The van der Waals surface area contributed by atoms with Gasteiger partial charge in [0.1, 0.15) is 0 Å². The predicted octanol–water partition coefficient (Wildman–Crippen LogP) is 3.23. The van der Waals surface area contributed by atoms with E-state index in [-0.39, 0.29) is 23.2 Å². The summed E-state index contributed by atoms with van der Waals surface area (Å²) in [6.07, 6.45) is 1.52. The number of carbonyl (C=O) groups is 1. The number of nitrogens with two attached hydrogens (primary N) is 1. The lowest BCUT2D eigenvalue weighted by Gasteiger charge is -2.21. The van der Waals surface area contributed by atoms with Crippen LogP contribution < -0.4 is 10.5 Å². The number of aryl methyl sites for hydroxylation is 1. The van der Waals surface area contributed by atoms with Gasteiger partial charge >= 0.3 is 0 Å². The third-order valence-electron chi connectivity index (χ3n) is 4.60. The van der Waals surface area contributed by atoms with Crippen molar-refractivity contribution < 1.29 is 13.2 Å². The Balaban J connectivity index is 0.00000320. The summed E-state index contributed by atoms with van der Waals surface area (Å²) >= 11 is 0. The van der Waals surface area contributed by atoms with Gasteiger partial charge in [-0.05, 0) is 57.2 Å². The number of anilines is 2. The van der Waals surface area contributed by atoms with E-state index in [9.17, 15) is 13.2 Å². The fourth-order valence-electron chi connectivity index (χ4n) is 3.02. The largest absolute Gasteiger partial charge is 0.354 e. The van der Waals surface area contributed by atoms with Crippen molar-refractivity contribution in [2.24, 2.45) is 5.14 Å². The Morgan fingerprint density at radius 3 is 2.30 bits per heavy atom. The number of hydrogen-bond donors (Lipinski definition) is 2. The molecule has 0 unspecified atom stereocenters. The highest BCUT2D eigenvalue weighted by molar-refractivity contribution is 7.89. The number of pyridine rings is 2. The SMILES string of the molecule is CCN(CC)C(=O)c1cnc2nc(C)ccc2c1Nc1ccc(S(N)(=O)=O)cc1.Cl. The lowest BCUT2D eigenvalue weighted by molar-refractivity contribution is 0.0773. The first-order valence-electron chi connectivity index (χ1n) is 9.20. The number of halogens is 1. The normalized spacial score (nSPS) is 11.1. The Hall–Kier alpha value is -2.75. The summed E-state index contributed by atoms with van der Waals surface area (Å²) < 4.78 is 23.0. The molecule has 0 spiro atoms. The molecule has 10 heteroatoms. The summed E-state index contributed by atoms with van der Waals surface area (Å²) in [5, 5.41) is 9.09. The molecule has 1 aromatic carbocycles. The Bertz CT molecular complexity index is 1160. The van der Waals surface area contributed by atoms with Crippen molar-refractivity contribution in [2.75, 3.05) is 18.4 Å². The van der Waals surface area contributed by atoms with Crippen LogP contribution in [0.1, 0.15) is 29.9 Å². The molecule has 0 fully saturated rings. The van der Waals surface area contributed by atoms with Gasteiger partial charge in [0, 0.05) is 36.1 Å². The molecule has 0 atom stereocenters. The minimum Gasteiger partial charge on any atom is -0.354 e. The van der Waals surface area contributed by atoms with Crippen LogP contribution in [0.4, 0.5) is 11.4 Å². The molecular weight excluding hydrogens is 426 g/mol. The Labute approximate surface area is 182 Å². The van der Waals surface area contributed by atoms with Gasteiger partial charge in [0.2, 0.25) is 10.0 Å². The van der Waals surface area contributed by atoms with Crippen LogP contribution in [0.15, 0.2) is 47.5 Å². The van der Waals surface area contributed by atoms with Crippen LogP contribution in [-0.2, 0) is 10.0 Å². The topological polar surface area (TPSA) is 118 Å². The van der Waals surface area contributed by atoms with Gasteiger partial charge in [0.05, 0.1) is 16.1 Å². The van der Waals surface area contributed by atoms with Gasteiger partial charge in [-0.15, -0.1) is 12.4 Å². The summed E-state index contributed by atoms with van der Waals surface area (Å²) in [5.41, 5.74) is 2.94. The second-order valence-electron chi connectivity index (χ2n) is 6.54. The van der Waals surface area contributed by atoms with E-state index in [2.05, 4.69) is 15.3 Å². The monoisotopic (exact) mass is 449 g/mol. The molecule has 0 aliphatic carbocycles. The van der Waals surface area contributed by atoms with Crippen LogP contribution >= 0.6 is 12.4 Å². The molecule has 3 N–H and O–H groups in total. The number of rotatable bonds is 6. The van der Waals surface area contributed by atoms with E-state index in [0.29, 0.717) is 41.1 Å². The molecule has 0 saturated heterocycles. The number of nitrogens with one attached hydrogen (secondary N) is 1. The van der Waals surface area contributed by atoms with Crippen molar-refractivity contribution in [3.05, 3.63) is 53.9 Å². The molecule has 8 nitrogen and oxygen atoms in total. The highest BCUT2D eigenvalue weighted by Crippen LogP contribution is 2.30. The van der Waals surface area contributed by atoms with E-state index in [1.807, 2.05) is 32.9 Å². The van der Waals surface area contributed by atoms with E-state index < -0.39 is 10.0 Å². The van der Waals surface area contributed by atoms with E-state index in [0.717, 1.165) is 5.69 Å². The highest BCUT2D eigenvalue weighted by Gasteiger charge is 2.20. The maximum atomic E-state index is 13.0. The van der Waals surface area contributed by atoms with Crippen molar-refractivity contribution in [1.82, 2.24) is 14.9 Å². The zero-order valence-corrected chi connectivity index (χ0v) is 18.5. The van der Waals surface area contributed by atoms with Crippen LogP contribution in [0.3, 0.4) is 0 Å². The van der Waals surface area contributed by atoms with Gasteiger partial charge in [-0.25, -0.2) is 23.5 Å².